The molecular weight excluding hydrogens is 236 g/mol. The fraction of sp³-hybridized carbons (Fsp3) is 0.125. The van der Waals surface area contributed by atoms with Crippen LogP contribution in [0.2, 0.25) is 0 Å². The molecule has 1 aliphatic rings. The molecule has 3 nitrogen and oxygen atoms in total. The highest BCUT2D eigenvalue weighted by molar-refractivity contribution is 5.78. The highest BCUT2D eigenvalue weighted by Crippen LogP contribution is 2.22. The number of para-hydroxylation sites is 1. The molecule has 0 saturated heterocycles. The number of fused-ring (bicyclic) bond motifs is 4. The van der Waals surface area contributed by atoms with E-state index in [1.807, 2.05) is 30.3 Å². The van der Waals surface area contributed by atoms with Gasteiger partial charge in [0.05, 0.1) is 28.3 Å². The van der Waals surface area contributed by atoms with Crippen molar-refractivity contribution in [2.75, 3.05) is 0 Å². The van der Waals surface area contributed by atoms with Crippen LogP contribution in [-0.4, -0.2) is 9.38 Å². The van der Waals surface area contributed by atoms with Crippen LogP contribution in [-0.2, 0) is 6.42 Å². The first kappa shape index (κ1) is 10.5. The third-order valence-electron chi connectivity index (χ3n) is 3.68. The van der Waals surface area contributed by atoms with E-state index < -0.39 is 0 Å². The molecule has 0 spiro atoms. The summed E-state index contributed by atoms with van der Waals surface area (Å²) in [5.74, 6) is 0. The Morgan fingerprint density at radius 2 is 2.11 bits per heavy atom. The highest BCUT2D eigenvalue weighted by atomic mass is 16.1. The quantitative estimate of drug-likeness (QED) is 0.613. The van der Waals surface area contributed by atoms with Crippen LogP contribution in [0.3, 0.4) is 0 Å². The molecule has 0 unspecified atom stereocenters. The van der Waals surface area contributed by atoms with Gasteiger partial charge in [-0.05, 0) is 42.7 Å². The molecule has 4 rings (SSSR count). The zero-order chi connectivity index (χ0) is 12.8. The smallest absolute Gasteiger partial charge is 0.265 e. The van der Waals surface area contributed by atoms with Crippen molar-refractivity contribution < 1.29 is 0 Å². The maximum Gasteiger partial charge on any atom is 0.265 e. The molecule has 3 aromatic rings. The van der Waals surface area contributed by atoms with Gasteiger partial charge in [-0.3, -0.25) is 14.2 Å². The predicted octanol–water partition coefficient (Wildman–Crippen LogP) is 2.81. The Morgan fingerprint density at radius 3 is 3.05 bits per heavy atom. The van der Waals surface area contributed by atoms with Gasteiger partial charge in [-0.15, -0.1) is 0 Å². The van der Waals surface area contributed by atoms with E-state index in [1.54, 1.807) is 10.6 Å². The van der Waals surface area contributed by atoms with Gasteiger partial charge in [0.15, 0.2) is 0 Å². The Kier molecular flexibility index (Phi) is 2.09. The Bertz CT molecular complexity index is 890. The van der Waals surface area contributed by atoms with E-state index in [2.05, 4.69) is 17.1 Å². The molecule has 3 heteroatoms. The summed E-state index contributed by atoms with van der Waals surface area (Å²) in [6, 6.07) is 9.57. The lowest BCUT2D eigenvalue weighted by Gasteiger charge is -2.04. The lowest BCUT2D eigenvalue weighted by Crippen LogP contribution is -2.12. The van der Waals surface area contributed by atoms with Crippen molar-refractivity contribution in [2.24, 2.45) is 0 Å². The van der Waals surface area contributed by atoms with Gasteiger partial charge in [-0.25, -0.2) is 0 Å². The normalized spacial score (nSPS) is 13.9. The SMILES string of the molecule is O=c1c2ccccc2ncc2cc3c(n12)C=CCC3. The maximum absolute atomic E-state index is 12.7. The zero-order valence-electron chi connectivity index (χ0n) is 10.3. The summed E-state index contributed by atoms with van der Waals surface area (Å²) < 4.78 is 1.78. The first-order valence-corrected chi connectivity index (χ1v) is 6.43. The van der Waals surface area contributed by atoms with E-state index in [-0.39, 0.29) is 5.56 Å². The third-order valence-corrected chi connectivity index (χ3v) is 3.68. The minimum atomic E-state index is 0.0101. The van der Waals surface area contributed by atoms with Gasteiger partial charge < -0.3 is 0 Å². The summed E-state index contributed by atoms with van der Waals surface area (Å²) in [6.07, 6.45) is 7.99. The summed E-state index contributed by atoms with van der Waals surface area (Å²) in [6.45, 7) is 0. The Labute approximate surface area is 109 Å². The Morgan fingerprint density at radius 1 is 1.21 bits per heavy atom. The van der Waals surface area contributed by atoms with Crippen molar-refractivity contribution in [1.82, 2.24) is 9.38 Å². The second kappa shape index (κ2) is 3.79. The molecule has 0 bridgehead atoms. The summed E-state index contributed by atoms with van der Waals surface area (Å²) in [5, 5.41) is 0.662. The second-order valence-corrected chi connectivity index (χ2v) is 4.84. The van der Waals surface area contributed by atoms with E-state index in [1.165, 1.54) is 5.56 Å². The standard InChI is InChI=1S/C16H12N2O/c19-16-13-6-2-3-7-14(13)17-10-12-9-11-5-1-4-8-15(11)18(12)16/h2-4,6-10H,1,5H2. The monoisotopic (exact) mass is 248 g/mol. The zero-order valence-corrected chi connectivity index (χ0v) is 10.3. The van der Waals surface area contributed by atoms with Gasteiger partial charge >= 0.3 is 0 Å². The summed E-state index contributed by atoms with van der Waals surface area (Å²) >= 11 is 0. The van der Waals surface area contributed by atoms with Crippen LogP contribution in [0.4, 0.5) is 0 Å². The molecule has 0 N–H and O–H groups in total. The van der Waals surface area contributed by atoms with Gasteiger partial charge in [0.25, 0.3) is 5.56 Å². The number of hydrogen-bond acceptors (Lipinski definition) is 2. The topological polar surface area (TPSA) is 34.4 Å². The van der Waals surface area contributed by atoms with E-state index >= 15 is 0 Å². The van der Waals surface area contributed by atoms with Crippen LogP contribution < -0.4 is 5.56 Å². The fourth-order valence-corrected chi connectivity index (χ4v) is 2.76. The average Bonchev–Trinajstić information content (AvgIpc) is 2.76. The molecule has 0 atom stereocenters. The second-order valence-electron chi connectivity index (χ2n) is 4.84. The Hall–Kier alpha value is -2.42. The third kappa shape index (κ3) is 1.45. The first-order chi connectivity index (χ1) is 9.34. The van der Waals surface area contributed by atoms with Crippen molar-refractivity contribution in [1.29, 1.82) is 0 Å². The molecule has 0 radical (unpaired) electrons. The van der Waals surface area contributed by atoms with Crippen molar-refractivity contribution in [3.8, 4) is 0 Å². The fourth-order valence-electron chi connectivity index (χ4n) is 2.76. The van der Waals surface area contributed by atoms with E-state index in [4.69, 9.17) is 0 Å². The number of aromatic nitrogens is 2. The highest BCUT2D eigenvalue weighted by Gasteiger charge is 2.13. The first-order valence-electron chi connectivity index (χ1n) is 6.43. The van der Waals surface area contributed by atoms with Crippen LogP contribution in [0.5, 0.6) is 0 Å². The van der Waals surface area contributed by atoms with Crippen LogP contribution >= 0.6 is 0 Å². The van der Waals surface area contributed by atoms with Crippen molar-refractivity contribution in [3.05, 3.63) is 64.2 Å². The summed E-state index contributed by atoms with van der Waals surface area (Å²) in [7, 11) is 0. The minimum absolute atomic E-state index is 0.0101. The van der Waals surface area contributed by atoms with Crippen LogP contribution in [0.15, 0.2) is 47.4 Å². The molecule has 2 heterocycles. The number of benzene rings is 1. The van der Waals surface area contributed by atoms with E-state index in [0.717, 1.165) is 29.6 Å². The van der Waals surface area contributed by atoms with Crippen molar-refractivity contribution >= 4 is 22.5 Å². The number of nitrogens with zero attached hydrogens (tertiary/aromatic N) is 2. The predicted molar refractivity (Wildman–Crippen MR) is 76.3 cm³/mol. The largest absolute Gasteiger partial charge is 0.275 e. The maximum atomic E-state index is 12.7. The molecule has 1 aliphatic carbocycles. The van der Waals surface area contributed by atoms with Crippen molar-refractivity contribution in [2.45, 2.75) is 12.8 Å². The molecule has 19 heavy (non-hydrogen) atoms. The lowest BCUT2D eigenvalue weighted by atomic mass is 10.0. The molecule has 0 fully saturated rings. The molecule has 0 saturated carbocycles. The Balaban J connectivity index is 2.28. The average molecular weight is 248 g/mol. The summed E-state index contributed by atoms with van der Waals surface area (Å²) in [4.78, 5) is 17.1. The van der Waals surface area contributed by atoms with Crippen LogP contribution in [0.25, 0.3) is 22.5 Å². The number of hydrogen-bond donors (Lipinski definition) is 0. The molecule has 0 aliphatic heterocycles. The van der Waals surface area contributed by atoms with Gasteiger partial charge in [-0.2, -0.15) is 0 Å². The van der Waals surface area contributed by atoms with E-state index in [9.17, 15) is 4.79 Å². The number of allylic oxidation sites excluding steroid dienone is 1. The number of aryl methyl sites for hydroxylation is 1. The van der Waals surface area contributed by atoms with Crippen LogP contribution in [0, 0.1) is 0 Å². The van der Waals surface area contributed by atoms with Crippen LogP contribution in [0.1, 0.15) is 17.7 Å². The van der Waals surface area contributed by atoms with E-state index in [0.29, 0.717) is 5.39 Å². The molecule has 92 valence electrons. The van der Waals surface area contributed by atoms with Gasteiger partial charge in [-0.1, -0.05) is 18.2 Å². The number of rotatable bonds is 0. The van der Waals surface area contributed by atoms with Gasteiger partial charge in [0, 0.05) is 0 Å². The lowest BCUT2D eigenvalue weighted by molar-refractivity contribution is 0.968. The van der Waals surface area contributed by atoms with Gasteiger partial charge in [0.1, 0.15) is 0 Å². The molecule has 0 amide bonds. The molecule has 1 aromatic carbocycles. The minimum Gasteiger partial charge on any atom is -0.275 e. The molecular formula is C16H12N2O. The molecule has 2 aromatic heterocycles. The van der Waals surface area contributed by atoms with Gasteiger partial charge in [0.2, 0.25) is 0 Å². The summed E-state index contributed by atoms with van der Waals surface area (Å²) in [5.41, 5.74) is 3.87. The van der Waals surface area contributed by atoms with Crippen molar-refractivity contribution in [3.63, 3.8) is 0 Å².